The van der Waals surface area contributed by atoms with Crippen LogP contribution >= 0.6 is 15.9 Å². The second kappa shape index (κ2) is 8.86. The number of amides is 1. The predicted molar refractivity (Wildman–Crippen MR) is 116 cm³/mol. The Labute approximate surface area is 198 Å². The molecule has 1 amide bonds. The summed E-state index contributed by atoms with van der Waals surface area (Å²) in [7, 11) is -4.40. The lowest BCUT2D eigenvalue weighted by atomic mass is 10.0. The summed E-state index contributed by atoms with van der Waals surface area (Å²) in [5, 5.41) is 10.8. The third-order valence-electron chi connectivity index (χ3n) is 6.79. The molecule has 0 aromatic heterocycles. The highest BCUT2D eigenvalue weighted by Gasteiger charge is 2.51. The molecule has 0 radical (unpaired) electrons. The normalized spacial score (nSPS) is 27.3. The largest absolute Gasteiger partial charge is 0.417 e. The number of ether oxygens (including phenoxy) is 1. The molecule has 3 fully saturated rings. The van der Waals surface area contributed by atoms with Crippen LogP contribution < -0.4 is 5.32 Å². The van der Waals surface area contributed by atoms with Crippen LogP contribution in [-0.2, 0) is 25.5 Å². The topological polar surface area (TPSA) is 96.3 Å². The molecule has 33 heavy (non-hydrogen) atoms. The maximum absolute atomic E-state index is 13.6. The van der Waals surface area contributed by atoms with Gasteiger partial charge in [-0.2, -0.15) is 18.4 Å². The smallest absolute Gasteiger partial charge is 0.374 e. The van der Waals surface area contributed by atoms with Crippen LogP contribution in [0.25, 0.3) is 0 Å². The van der Waals surface area contributed by atoms with Crippen LogP contribution in [0.15, 0.2) is 27.6 Å². The van der Waals surface area contributed by atoms with Crippen molar-refractivity contribution in [3.63, 3.8) is 0 Å². The first kappa shape index (κ1) is 24.5. The number of hydrogen-bond acceptors (Lipinski definition) is 5. The molecule has 6 nitrogen and oxygen atoms in total. The van der Waals surface area contributed by atoms with Gasteiger partial charge >= 0.3 is 6.18 Å². The highest BCUT2D eigenvalue weighted by molar-refractivity contribution is 9.10. The van der Waals surface area contributed by atoms with E-state index in [0.29, 0.717) is 12.8 Å². The fourth-order valence-electron chi connectivity index (χ4n) is 4.78. The van der Waals surface area contributed by atoms with Gasteiger partial charge in [0.25, 0.3) is 0 Å². The number of nitrogens with zero attached hydrogens (tertiary/aromatic N) is 1. The Kier molecular flexibility index (Phi) is 6.57. The Bertz CT molecular complexity index is 1080. The van der Waals surface area contributed by atoms with Crippen molar-refractivity contribution in [1.82, 2.24) is 5.32 Å². The SMILES string of the molecule is N#CC1(NC(=O)[C@H]2C[C@H](S(=O)(=O)c3ccc(Br)cc3C(F)(F)F)C[C@@H]2OC2CCCC2)CC1. The highest BCUT2D eigenvalue weighted by atomic mass is 79.9. The summed E-state index contributed by atoms with van der Waals surface area (Å²) in [5.41, 5.74) is -2.17. The molecule has 0 heterocycles. The molecular weight excluding hydrogens is 525 g/mol. The van der Waals surface area contributed by atoms with Crippen molar-refractivity contribution in [3.05, 3.63) is 28.2 Å². The van der Waals surface area contributed by atoms with E-state index in [1.807, 2.05) is 0 Å². The molecule has 11 heteroatoms. The fourth-order valence-corrected chi connectivity index (χ4v) is 7.14. The molecule has 0 spiro atoms. The maximum atomic E-state index is 13.6. The molecule has 1 N–H and O–H groups in total. The van der Waals surface area contributed by atoms with Crippen molar-refractivity contribution in [3.8, 4) is 6.07 Å². The Morgan fingerprint density at radius 1 is 1.21 bits per heavy atom. The van der Waals surface area contributed by atoms with Crippen LogP contribution in [-0.4, -0.2) is 37.3 Å². The number of sulfone groups is 1. The molecule has 1 aromatic rings. The average molecular weight is 549 g/mol. The van der Waals surface area contributed by atoms with Crippen molar-refractivity contribution < 1.29 is 31.1 Å². The number of carbonyl (C=O) groups excluding carboxylic acids is 1. The molecule has 180 valence electrons. The lowest BCUT2D eigenvalue weighted by Gasteiger charge is -2.24. The summed E-state index contributed by atoms with van der Waals surface area (Å²) in [6, 6.07) is 5.04. The molecule has 1 aromatic carbocycles. The zero-order valence-electron chi connectivity index (χ0n) is 17.7. The minimum atomic E-state index is -4.85. The summed E-state index contributed by atoms with van der Waals surface area (Å²) in [5.74, 6) is -1.32. The van der Waals surface area contributed by atoms with Gasteiger partial charge in [0.2, 0.25) is 5.91 Å². The molecule has 3 aliphatic carbocycles. The van der Waals surface area contributed by atoms with E-state index in [-0.39, 0.29) is 23.4 Å². The van der Waals surface area contributed by atoms with Gasteiger partial charge in [-0.15, -0.1) is 0 Å². The van der Waals surface area contributed by atoms with Gasteiger partial charge in [0.15, 0.2) is 9.84 Å². The number of benzene rings is 1. The summed E-state index contributed by atoms with van der Waals surface area (Å²) in [6.07, 6.45) is -1.32. The minimum Gasteiger partial charge on any atom is -0.374 e. The predicted octanol–water partition coefficient (Wildman–Crippen LogP) is 4.52. The fraction of sp³-hybridized carbons (Fsp3) is 0.636. The lowest BCUT2D eigenvalue weighted by Crippen LogP contribution is -2.43. The quantitative estimate of drug-likeness (QED) is 0.563. The number of carbonyl (C=O) groups is 1. The number of nitrogens with one attached hydrogen (secondary N) is 1. The van der Waals surface area contributed by atoms with Gasteiger partial charge in [0.05, 0.1) is 39.9 Å². The van der Waals surface area contributed by atoms with E-state index in [0.717, 1.165) is 37.8 Å². The summed E-state index contributed by atoms with van der Waals surface area (Å²) < 4.78 is 73.8. The molecule has 3 aliphatic rings. The van der Waals surface area contributed by atoms with E-state index < -0.39 is 55.2 Å². The van der Waals surface area contributed by atoms with Crippen molar-refractivity contribution in [2.24, 2.45) is 5.92 Å². The van der Waals surface area contributed by atoms with Crippen LogP contribution in [0.5, 0.6) is 0 Å². The van der Waals surface area contributed by atoms with Crippen molar-refractivity contribution in [2.75, 3.05) is 0 Å². The molecule has 3 atom stereocenters. The standard InChI is InChI=1S/C22H24BrF3N2O4S/c23-13-5-6-19(17(9-13)22(24,25)26)33(30,31)15-10-16(20(29)28-21(12-27)7-8-21)18(11-15)32-14-3-1-2-4-14/h5-6,9,14-16,18H,1-4,7-8,10-11H2,(H,28,29)/t15-,16-,18-/m0/s1. The van der Waals surface area contributed by atoms with Gasteiger partial charge < -0.3 is 10.1 Å². The Balaban J connectivity index is 1.62. The second-order valence-corrected chi connectivity index (χ2v) is 12.3. The van der Waals surface area contributed by atoms with Gasteiger partial charge in [-0.05, 0) is 56.7 Å². The average Bonchev–Trinajstić information content (AvgIpc) is 3.12. The van der Waals surface area contributed by atoms with Gasteiger partial charge in [0.1, 0.15) is 5.54 Å². The van der Waals surface area contributed by atoms with Crippen molar-refractivity contribution in [1.29, 1.82) is 5.26 Å². The van der Waals surface area contributed by atoms with Crippen LogP contribution in [0.3, 0.4) is 0 Å². The highest BCUT2D eigenvalue weighted by Crippen LogP contribution is 2.43. The number of alkyl halides is 3. The van der Waals surface area contributed by atoms with Gasteiger partial charge in [-0.1, -0.05) is 28.8 Å². The minimum absolute atomic E-state index is 0.0656. The molecule has 0 aliphatic heterocycles. The van der Waals surface area contributed by atoms with E-state index in [4.69, 9.17) is 4.74 Å². The van der Waals surface area contributed by atoms with Crippen LogP contribution in [0.2, 0.25) is 0 Å². The summed E-state index contributed by atoms with van der Waals surface area (Å²) >= 11 is 2.97. The van der Waals surface area contributed by atoms with E-state index in [2.05, 4.69) is 27.3 Å². The molecule has 0 bridgehead atoms. The van der Waals surface area contributed by atoms with Crippen molar-refractivity contribution >= 4 is 31.7 Å². The van der Waals surface area contributed by atoms with Gasteiger partial charge in [0, 0.05) is 4.47 Å². The van der Waals surface area contributed by atoms with Crippen LogP contribution in [0.4, 0.5) is 13.2 Å². The monoisotopic (exact) mass is 548 g/mol. The lowest BCUT2D eigenvalue weighted by molar-refractivity contribution is -0.140. The number of halogens is 4. The third kappa shape index (κ3) is 5.08. The Morgan fingerprint density at radius 3 is 2.45 bits per heavy atom. The maximum Gasteiger partial charge on any atom is 0.417 e. The van der Waals surface area contributed by atoms with Gasteiger partial charge in [-0.3, -0.25) is 4.79 Å². The molecule has 3 saturated carbocycles. The Hall–Kier alpha value is -1.64. The first-order valence-electron chi connectivity index (χ1n) is 10.9. The summed E-state index contributed by atoms with van der Waals surface area (Å²) in [4.78, 5) is 12.2. The second-order valence-electron chi connectivity index (χ2n) is 9.15. The molecule has 4 rings (SSSR count). The zero-order valence-corrected chi connectivity index (χ0v) is 20.1. The van der Waals surface area contributed by atoms with Crippen LogP contribution in [0, 0.1) is 17.2 Å². The van der Waals surface area contributed by atoms with Crippen LogP contribution in [0.1, 0.15) is 56.9 Å². The van der Waals surface area contributed by atoms with Gasteiger partial charge in [-0.25, -0.2) is 8.42 Å². The zero-order chi connectivity index (χ0) is 24.0. The summed E-state index contributed by atoms with van der Waals surface area (Å²) in [6.45, 7) is 0. The van der Waals surface area contributed by atoms with Crippen molar-refractivity contribution in [2.45, 2.75) is 85.4 Å². The molecular formula is C22H24BrF3N2O4S. The van der Waals surface area contributed by atoms with E-state index in [9.17, 15) is 31.6 Å². The van der Waals surface area contributed by atoms with E-state index in [1.54, 1.807) is 0 Å². The van der Waals surface area contributed by atoms with E-state index in [1.165, 1.54) is 6.07 Å². The first-order chi connectivity index (χ1) is 15.4. The molecule has 0 unspecified atom stereocenters. The number of rotatable bonds is 6. The number of hydrogen-bond donors (Lipinski definition) is 1. The third-order valence-corrected chi connectivity index (χ3v) is 9.51. The number of nitriles is 1. The first-order valence-corrected chi connectivity index (χ1v) is 13.3. The Morgan fingerprint density at radius 2 is 1.88 bits per heavy atom. The molecule has 0 saturated heterocycles. The van der Waals surface area contributed by atoms with E-state index >= 15 is 0 Å².